The highest BCUT2D eigenvalue weighted by atomic mass is 127. The zero-order valence-electron chi connectivity index (χ0n) is 13.9. The van der Waals surface area contributed by atoms with Crippen molar-refractivity contribution in [2.24, 2.45) is 0 Å². The number of halogens is 2. The quantitative estimate of drug-likeness (QED) is 0.174. The Morgan fingerprint density at radius 1 is 0.737 bits per heavy atom. The van der Waals surface area contributed by atoms with Gasteiger partial charge in [-0.15, -0.1) is 7.92 Å². The molecule has 0 unspecified atom stereocenters. The van der Waals surface area contributed by atoms with Crippen LogP contribution in [-0.4, -0.2) is 30.0 Å². The first-order valence-electron chi connectivity index (χ1n) is 7.42. The van der Waals surface area contributed by atoms with Crippen LogP contribution in [-0.2, 0) is 0 Å². The first-order valence-corrected chi connectivity index (χ1v) is 12.7. The molecule has 0 N–H and O–H groups in total. The molecule has 0 aliphatic carbocycles. The predicted molar refractivity (Wildman–Crippen MR) is 115 cm³/mol. The summed E-state index contributed by atoms with van der Waals surface area (Å²) in [6.45, 7) is 19.4. The highest BCUT2D eigenvalue weighted by molar-refractivity contribution is 14.2. The average molecular weight is 528 g/mol. The van der Waals surface area contributed by atoms with Crippen molar-refractivity contribution in [2.75, 3.05) is 6.16 Å². The summed E-state index contributed by atoms with van der Waals surface area (Å²) in [4.78, 5) is 0. The fraction of sp³-hybridized carbons (Fsp3) is 1.00. The number of alkyl halides is 2. The molecule has 4 heteroatoms. The van der Waals surface area contributed by atoms with E-state index in [1.165, 1.54) is 12.6 Å². The summed E-state index contributed by atoms with van der Waals surface area (Å²) in [6.07, 6.45) is 2.85. The van der Waals surface area contributed by atoms with Gasteiger partial charge in [-0.25, -0.2) is 0 Å². The SMILES string of the molecule is CC(C)P(CCC(I)(I)P(C(C)C)C(C)C)C(C)C. The molecular formula is C15H32I2P2. The Morgan fingerprint density at radius 2 is 1.11 bits per heavy atom. The molecule has 0 radical (unpaired) electrons. The zero-order valence-corrected chi connectivity index (χ0v) is 20.0. The van der Waals surface area contributed by atoms with Crippen LogP contribution >= 0.6 is 61.0 Å². The maximum absolute atomic E-state index is 2.77. The van der Waals surface area contributed by atoms with Crippen LogP contribution in [0, 0.1) is 0 Å². The van der Waals surface area contributed by atoms with Crippen molar-refractivity contribution in [1.82, 2.24) is 0 Å². The van der Waals surface area contributed by atoms with E-state index in [1.54, 1.807) is 0 Å². The van der Waals surface area contributed by atoms with Crippen molar-refractivity contribution in [1.29, 1.82) is 0 Å². The minimum Gasteiger partial charge on any atom is -0.101 e. The van der Waals surface area contributed by atoms with Gasteiger partial charge in [-0.2, -0.15) is 0 Å². The average Bonchev–Trinajstić information content (AvgIpc) is 2.13. The van der Waals surface area contributed by atoms with Crippen molar-refractivity contribution in [3.8, 4) is 0 Å². The number of hydrogen-bond acceptors (Lipinski definition) is 0. The predicted octanol–water partition coefficient (Wildman–Crippen LogP) is 7.50. The van der Waals surface area contributed by atoms with Crippen molar-refractivity contribution < 1.29 is 0 Å². The van der Waals surface area contributed by atoms with E-state index in [0.29, 0.717) is 1.17 Å². The molecule has 0 heterocycles. The zero-order chi connectivity index (χ0) is 15.4. The highest BCUT2D eigenvalue weighted by Crippen LogP contribution is 2.67. The normalized spacial score (nSPS) is 13.9. The minimum atomic E-state index is 0.0926. The molecule has 0 amide bonds. The van der Waals surface area contributed by atoms with Gasteiger partial charge >= 0.3 is 0 Å². The Bertz CT molecular complexity index is 235. The standard InChI is InChI=1S/C15H32I2P2/c1-11(2)18(12(3)4)10-9-15(16,17)19(13(5)6)14(7)8/h11-14H,9-10H2,1-8H3. The van der Waals surface area contributed by atoms with Crippen molar-refractivity contribution in [3.63, 3.8) is 0 Å². The van der Waals surface area contributed by atoms with E-state index in [1.807, 2.05) is 0 Å². The van der Waals surface area contributed by atoms with Gasteiger partial charge in [0.25, 0.3) is 0 Å². The lowest BCUT2D eigenvalue weighted by Gasteiger charge is -2.39. The van der Waals surface area contributed by atoms with E-state index in [9.17, 15) is 0 Å². The van der Waals surface area contributed by atoms with Crippen LogP contribution < -0.4 is 0 Å². The summed E-state index contributed by atoms with van der Waals surface area (Å²) >= 11 is 5.55. The molecule has 0 fully saturated rings. The Balaban J connectivity index is 4.75. The summed E-state index contributed by atoms with van der Waals surface area (Å²) in [5, 5.41) is 0. The van der Waals surface area contributed by atoms with E-state index in [-0.39, 0.29) is 15.8 Å². The van der Waals surface area contributed by atoms with Crippen LogP contribution in [0.3, 0.4) is 0 Å². The van der Waals surface area contributed by atoms with Gasteiger partial charge in [0.1, 0.15) is 0 Å². The maximum Gasteiger partial charge on any atom is 0.0932 e. The van der Waals surface area contributed by atoms with Gasteiger partial charge in [0.05, 0.1) is 1.17 Å². The summed E-state index contributed by atoms with van der Waals surface area (Å²) in [6, 6.07) is 0. The molecule has 0 nitrogen and oxygen atoms in total. The van der Waals surface area contributed by atoms with Crippen LogP contribution in [0.25, 0.3) is 0 Å². The van der Waals surface area contributed by atoms with Crippen molar-refractivity contribution in [3.05, 3.63) is 0 Å². The molecule has 0 aliphatic heterocycles. The minimum absolute atomic E-state index is 0.0926. The Hall–Kier alpha value is 2.32. The van der Waals surface area contributed by atoms with Crippen molar-refractivity contribution in [2.45, 2.75) is 85.6 Å². The molecule has 0 atom stereocenters. The molecule has 0 spiro atoms. The van der Waals surface area contributed by atoms with Gasteiger partial charge in [0.15, 0.2) is 0 Å². The van der Waals surface area contributed by atoms with E-state index in [4.69, 9.17) is 0 Å². The van der Waals surface area contributed by atoms with Gasteiger partial charge in [0, 0.05) is 0 Å². The third-order valence-electron chi connectivity index (χ3n) is 3.49. The van der Waals surface area contributed by atoms with Gasteiger partial charge in [-0.1, -0.05) is 108 Å². The topological polar surface area (TPSA) is 0 Å². The smallest absolute Gasteiger partial charge is 0.0932 e. The molecule has 0 aromatic heterocycles. The van der Waals surface area contributed by atoms with Gasteiger partial charge in [-0.05, 0) is 35.2 Å². The molecule has 0 aromatic carbocycles. The maximum atomic E-state index is 2.77. The lowest BCUT2D eigenvalue weighted by Crippen LogP contribution is -2.22. The van der Waals surface area contributed by atoms with Crippen LogP contribution in [0.2, 0.25) is 0 Å². The highest BCUT2D eigenvalue weighted by Gasteiger charge is 2.37. The number of hydrogen-bond donors (Lipinski definition) is 0. The molecule has 0 saturated carbocycles. The molecule has 19 heavy (non-hydrogen) atoms. The van der Waals surface area contributed by atoms with Crippen LogP contribution in [0.4, 0.5) is 0 Å². The second kappa shape index (κ2) is 9.46. The molecular weight excluding hydrogens is 496 g/mol. The molecule has 0 aromatic rings. The molecule has 116 valence electrons. The third kappa shape index (κ3) is 7.42. The van der Waals surface area contributed by atoms with Gasteiger partial charge in [-0.3, -0.25) is 0 Å². The van der Waals surface area contributed by atoms with Crippen molar-refractivity contribution >= 4 is 61.0 Å². The fourth-order valence-electron chi connectivity index (χ4n) is 2.86. The van der Waals surface area contributed by atoms with E-state index < -0.39 is 0 Å². The van der Waals surface area contributed by atoms with Gasteiger partial charge in [0.2, 0.25) is 0 Å². The molecule has 0 saturated heterocycles. The Labute approximate surface area is 151 Å². The first kappa shape index (κ1) is 21.3. The summed E-state index contributed by atoms with van der Waals surface area (Å²) in [5.74, 6) is 0. The Morgan fingerprint density at radius 3 is 1.37 bits per heavy atom. The molecule has 0 bridgehead atoms. The van der Waals surface area contributed by atoms with Crippen LogP contribution in [0.5, 0.6) is 0 Å². The summed E-state index contributed by atoms with van der Waals surface area (Å²) in [5.41, 5.74) is 3.44. The Kier molecular flexibility index (Phi) is 10.6. The van der Waals surface area contributed by atoms with Gasteiger partial charge < -0.3 is 0 Å². The molecule has 0 rings (SSSR count). The lowest BCUT2D eigenvalue weighted by atomic mass is 10.5. The largest absolute Gasteiger partial charge is 0.101 e. The summed E-state index contributed by atoms with van der Waals surface area (Å²) < 4.78 is 0.484. The number of rotatable bonds is 8. The van der Waals surface area contributed by atoms with E-state index >= 15 is 0 Å². The first-order chi connectivity index (χ1) is 8.50. The second-order valence-corrected chi connectivity index (χ2v) is 21.1. The third-order valence-corrected chi connectivity index (χ3v) is 14.5. The van der Waals surface area contributed by atoms with Crippen LogP contribution in [0.1, 0.15) is 61.8 Å². The fourth-order valence-corrected chi connectivity index (χ4v) is 17.0. The van der Waals surface area contributed by atoms with E-state index in [2.05, 4.69) is 101 Å². The van der Waals surface area contributed by atoms with Crippen LogP contribution in [0.15, 0.2) is 0 Å². The second-order valence-electron chi connectivity index (χ2n) is 6.44. The lowest BCUT2D eigenvalue weighted by molar-refractivity contribution is 0.932. The monoisotopic (exact) mass is 528 g/mol. The molecule has 0 aliphatic rings. The van der Waals surface area contributed by atoms with E-state index in [0.717, 1.165) is 22.6 Å². The summed E-state index contributed by atoms with van der Waals surface area (Å²) in [7, 11) is 0.287.